The van der Waals surface area contributed by atoms with Gasteiger partial charge in [-0.2, -0.15) is 5.10 Å². The summed E-state index contributed by atoms with van der Waals surface area (Å²) in [5.41, 5.74) is 8.14. The molecule has 4 rings (SSSR count). The minimum absolute atomic E-state index is 0.147. The molecule has 3 aromatic rings. The van der Waals surface area contributed by atoms with Gasteiger partial charge in [0.15, 0.2) is 0 Å². The van der Waals surface area contributed by atoms with E-state index in [0.29, 0.717) is 30.3 Å². The zero-order chi connectivity index (χ0) is 24.8. The SMILES string of the molecule is CCOC(=O)c1cnn(-c2ccc(C(=O)NCC3CCN(Cc4ccccc4F)CC3)cc2)c1N. The van der Waals surface area contributed by atoms with Crippen LogP contribution in [0.2, 0.25) is 0 Å². The average Bonchev–Trinajstić information content (AvgIpc) is 3.26. The Morgan fingerprint density at radius 1 is 1.14 bits per heavy atom. The lowest BCUT2D eigenvalue weighted by molar-refractivity contribution is 0.0527. The van der Waals surface area contributed by atoms with Gasteiger partial charge in [-0.05, 0) is 69.1 Å². The number of anilines is 1. The predicted octanol–water partition coefficient (Wildman–Crippen LogP) is 3.41. The molecule has 2 aromatic carbocycles. The number of rotatable bonds is 8. The predicted molar refractivity (Wildman–Crippen MR) is 131 cm³/mol. The molecule has 0 bridgehead atoms. The third-order valence-corrected chi connectivity index (χ3v) is 6.29. The fourth-order valence-electron chi connectivity index (χ4n) is 4.24. The summed E-state index contributed by atoms with van der Waals surface area (Å²) < 4.78 is 20.3. The zero-order valence-corrected chi connectivity index (χ0v) is 19.7. The van der Waals surface area contributed by atoms with Gasteiger partial charge in [0.25, 0.3) is 5.91 Å². The van der Waals surface area contributed by atoms with Gasteiger partial charge in [-0.1, -0.05) is 18.2 Å². The molecule has 0 aliphatic carbocycles. The van der Waals surface area contributed by atoms with Gasteiger partial charge in [0.1, 0.15) is 17.2 Å². The Kier molecular flexibility index (Phi) is 7.77. The van der Waals surface area contributed by atoms with E-state index in [1.54, 1.807) is 37.3 Å². The highest BCUT2D eigenvalue weighted by molar-refractivity contribution is 5.95. The number of nitrogens with two attached hydrogens (primary N) is 1. The second kappa shape index (κ2) is 11.1. The molecular formula is C26H30FN5O3. The van der Waals surface area contributed by atoms with Crippen LogP contribution in [-0.2, 0) is 11.3 Å². The molecule has 3 N–H and O–H groups in total. The summed E-state index contributed by atoms with van der Waals surface area (Å²) in [5, 5.41) is 7.18. The third-order valence-electron chi connectivity index (χ3n) is 6.29. The summed E-state index contributed by atoms with van der Waals surface area (Å²) in [6.45, 7) is 4.94. The van der Waals surface area contributed by atoms with Crippen LogP contribution in [0, 0.1) is 11.7 Å². The van der Waals surface area contributed by atoms with Crippen molar-refractivity contribution in [2.45, 2.75) is 26.3 Å². The molecule has 1 fully saturated rings. The zero-order valence-electron chi connectivity index (χ0n) is 19.7. The number of amides is 1. The van der Waals surface area contributed by atoms with Crippen molar-refractivity contribution in [2.24, 2.45) is 5.92 Å². The van der Waals surface area contributed by atoms with Crippen molar-refractivity contribution >= 4 is 17.7 Å². The number of likely N-dealkylation sites (tertiary alicyclic amines) is 1. The smallest absolute Gasteiger partial charge is 0.343 e. The number of nitrogens with one attached hydrogen (secondary N) is 1. The molecule has 0 spiro atoms. The van der Waals surface area contributed by atoms with Gasteiger partial charge in [-0.15, -0.1) is 0 Å². The summed E-state index contributed by atoms with van der Waals surface area (Å²) in [6.07, 6.45) is 3.28. The Labute approximate surface area is 203 Å². The molecular weight excluding hydrogens is 449 g/mol. The van der Waals surface area contributed by atoms with Crippen LogP contribution >= 0.6 is 0 Å². The molecule has 0 radical (unpaired) electrons. The Morgan fingerprint density at radius 3 is 2.54 bits per heavy atom. The van der Waals surface area contributed by atoms with Crippen molar-refractivity contribution in [3.05, 3.63) is 77.2 Å². The average molecular weight is 480 g/mol. The third kappa shape index (κ3) is 5.86. The molecule has 1 aliphatic rings. The fourth-order valence-corrected chi connectivity index (χ4v) is 4.24. The maximum atomic E-state index is 13.9. The van der Waals surface area contributed by atoms with E-state index in [4.69, 9.17) is 10.5 Å². The molecule has 9 heteroatoms. The van der Waals surface area contributed by atoms with Crippen molar-refractivity contribution in [1.82, 2.24) is 20.0 Å². The van der Waals surface area contributed by atoms with Gasteiger partial charge in [-0.25, -0.2) is 13.9 Å². The molecule has 1 saturated heterocycles. The van der Waals surface area contributed by atoms with E-state index in [1.807, 2.05) is 12.1 Å². The van der Waals surface area contributed by atoms with Crippen molar-refractivity contribution in [2.75, 3.05) is 32.0 Å². The first kappa shape index (κ1) is 24.4. The number of benzene rings is 2. The lowest BCUT2D eigenvalue weighted by atomic mass is 9.96. The molecule has 0 atom stereocenters. The first-order valence-electron chi connectivity index (χ1n) is 11.8. The lowest BCUT2D eigenvalue weighted by Crippen LogP contribution is -2.38. The molecule has 1 aliphatic heterocycles. The summed E-state index contributed by atoms with van der Waals surface area (Å²) in [5.74, 6) is -0.263. The van der Waals surface area contributed by atoms with Gasteiger partial charge in [0, 0.05) is 24.2 Å². The number of nitrogens with zero attached hydrogens (tertiary/aromatic N) is 3. The van der Waals surface area contributed by atoms with E-state index in [9.17, 15) is 14.0 Å². The number of ether oxygens (including phenoxy) is 1. The summed E-state index contributed by atoms with van der Waals surface area (Å²) in [4.78, 5) is 26.8. The second-order valence-electron chi connectivity index (χ2n) is 8.64. The Bertz CT molecular complexity index is 1170. The largest absolute Gasteiger partial charge is 0.462 e. The van der Waals surface area contributed by atoms with Crippen LogP contribution < -0.4 is 11.1 Å². The highest BCUT2D eigenvalue weighted by atomic mass is 19.1. The molecule has 184 valence electrons. The van der Waals surface area contributed by atoms with Crippen LogP contribution in [0.15, 0.2) is 54.7 Å². The molecule has 2 heterocycles. The number of halogens is 1. The molecule has 0 unspecified atom stereocenters. The van der Waals surface area contributed by atoms with Gasteiger partial charge in [-0.3, -0.25) is 9.69 Å². The highest BCUT2D eigenvalue weighted by Crippen LogP contribution is 2.21. The van der Waals surface area contributed by atoms with Gasteiger partial charge >= 0.3 is 5.97 Å². The van der Waals surface area contributed by atoms with E-state index < -0.39 is 5.97 Å². The number of aromatic nitrogens is 2. The first-order valence-corrected chi connectivity index (χ1v) is 11.8. The summed E-state index contributed by atoms with van der Waals surface area (Å²) in [6, 6.07) is 13.7. The maximum absolute atomic E-state index is 13.9. The normalized spacial score (nSPS) is 14.6. The van der Waals surface area contributed by atoms with Crippen molar-refractivity contribution in [3.8, 4) is 5.69 Å². The molecule has 35 heavy (non-hydrogen) atoms. The van der Waals surface area contributed by atoms with Crippen LogP contribution in [0.1, 0.15) is 46.0 Å². The Morgan fingerprint density at radius 2 is 1.86 bits per heavy atom. The Hall–Kier alpha value is -3.72. The molecule has 1 aromatic heterocycles. The Balaban J connectivity index is 1.27. The van der Waals surface area contributed by atoms with Gasteiger partial charge < -0.3 is 15.8 Å². The summed E-state index contributed by atoms with van der Waals surface area (Å²) >= 11 is 0. The summed E-state index contributed by atoms with van der Waals surface area (Å²) in [7, 11) is 0. The van der Waals surface area contributed by atoms with Gasteiger partial charge in [0.2, 0.25) is 0 Å². The molecule has 0 saturated carbocycles. The van der Waals surface area contributed by atoms with Crippen LogP contribution in [0.25, 0.3) is 5.69 Å². The van der Waals surface area contributed by atoms with Crippen LogP contribution in [0.4, 0.5) is 10.2 Å². The van der Waals surface area contributed by atoms with Crippen molar-refractivity contribution < 1.29 is 18.7 Å². The van der Waals surface area contributed by atoms with Crippen LogP contribution in [0.3, 0.4) is 0 Å². The molecule has 1 amide bonds. The second-order valence-corrected chi connectivity index (χ2v) is 8.64. The van der Waals surface area contributed by atoms with Crippen LogP contribution in [-0.4, -0.2) is 52.8 Å². The minimum Gasteiger partial charge on any atom is -0.462 e. The lowest BCUT2D eigenvalue weighted by Gasteiger charge is -2.32. The van der Waals surface area contributed by atoms with E-state index in [0.717, 1.165) is 31.5 Å². The number of piperidine rings is 1. The van der Waals surface area contributed by atoms with Crippen molar-refractivity contribution in [3.63, 3.8) is 0 Å². The number of nitrogen functional groups attached to an aromatic ring is 1. The number of carbonyl (C=O) groups is 2. The van der Waals surface area contributed by atoms with Crippen LogP contribution in [0.5, 0.6) is 0 Å². The highest BCUT2D eigenvalue weighted by Gasteiger charge is 2.21. The molecule has 8 nitrogen and oxygen atoms in total. The number of carbonyl (C=O) groups excluding carboxylic acids is 2. The van der Waals surface area contributed by atoms with E-state index in [1.165, 1.54) is 16.9 Å². The topological polar surface area (TPSA) is 102 Å². The first-order chi connectivity index (χ1) is 17.0. The van der Waals surface area contributed by atoms with E-state index in [2.05, 4.69) is 15.3 Å². The van der Waals surface area contributed by atoms with E-state index >= 15 is 0 Å². The number of hydrogen-bond acceptors (Lipinski definition) is 6. The monoisotopic (exact) mass is 479 g/mol. The van der Waals surface area contributed by atoms with E-state index in [-0.39, 0.29) is 29.7 Å². The minimum atomic E-state index is -0.523. The van der Waals surface area contributed by atoms with Gasteiger partial charge in [0.05, 0.1) is 18.5 Å². The standard InChI is InChI=1S/C26H30FN5O3/c1-2-35-26(34)22-16-30-32(24(22)28)21-9-7-19(8-10-21)25(33)29-15-18-11-13-31(14-12-18)17-20-5-3-4-6-23(20)27/h3-10,16,18H,2,11-15,17,28H2,1H3,(H,29,33). The number of esters is 1. The fraction of sp³-hybridized carbons (Fsp3) is 0.346. The maximum Gasteiger partial charge on any atom is 0.343 e. The number of hydrogen-bond donors (Lipinski definition) is 2. The van der Waals surface area contributed by atoms with Crippen molar-refractivity contribution in [1.29, 1.82) is 0 Å². The quantitative estimate of drug-likeness (QED) is 0.480.